The van der Waals surface area contributed by atoms with E-state index in [0.717, 1.165) is 17.4 Å². The molecule has 0 spiro atoms. The summed E-state index contributed by atoms with van der Waals surface area (Å²) in [5, 5.41) is 11.2. The molecular weight excluding hydrogens is 382 g/mol. The molecule has 0 atom stereocenters. The van der Waals surface area contributed by atoms with E-state index in [-0.39, 0.29) is 16.7 Å². The van der Waals surface area contributed by atoms with Crippen molar-refractivity contribution in [1.82, 2.24) is 5.32 Å². The van der Waals surface area contributed by atoms with Crippen LogP contribution < -0.4 is 10.8 Å². The number of thiophene rings is 1. The van der Waals surface area contributed by atoms with Gasteiger partial charge in [0.1, 0.15) is 0 Å². The highest BCUT2D eigenvalue weighted by atomic mass is 32.1. The van der Waals surface area contributed by atoms with Gasteiger partial charge in [0, 0.05) is 9.58 Å². The highest BCUT2D eigenvalue weighted by molar-refractivity contribution is 7.19. The summed E-state index contributed by atoms with van der Waals surface area (Å²) in [5.74, 6) is 0. The largest absolute Gasteiger partial charge is 0.494 e. The lowest BCUT2D eigenvalue weighted by Gasteiger charge is -2.32. The fourth-order valence-electron chi connectivity index (χ4n) is 2.81. The Kier molecular flexibility index (Phi) is 4.73. The number of hydrogen-bond donors (Lipinski definition) is 2. The molecule has 5 nitrogen and oxygen atoms in total. The van der Waals surface area contributed by atoms with Crippen molar-refractivity contribution in [3.05, 3.63) is 28.6 Å². The summed E-state index contributed by atoms with van der Waals surface area (Å²) in [5.41, 5.74) is -1.84. The number of hydrogen-bond acceptors (Lipinski definition) is 4. The van der Waals surface area contributed by atoms with Crippen molar-refractivity contribution in [2.24, 2.45) is 0 Å². The number of nitrogens with one attached hydrogen (secondary N) is 1. The SMILES string of the molecule is CC1(C)OB(c2cc(C(F)(F)F)c3sc(CNC(=O)O)cc3c2)OC1(C)C. The number of alkyl halides is 3. The summed E-state index contributed by atoms with van der Waals surface area (Å²) in [7, 11) is -0.916. The van der Waals surface area contributed by atoms with Crippen molar-refractivity contribution in [3.63, 3.8) is 0 Å². The van der Waals surface area contributed by atoms with Crippen LogP contribution in [0.15, 0.2) is 18.2 Å². The van der Waals surface area contributed by atoms with E-state index in [4.69, 9.17) is 14.4 Å². The molecule has 1 amide bonds. The van der Waals surface area contributed by atoms with Crippen LogP contribution in [0.4, 0.5) is 18.0 Å². The summed E-state index contributed by atoms with van der Waals surface area (Å²) in [4.78, 5) is 11.1. The summed E-state index contributed by atoms with van der Waals surface area (Å²) in [6, 6.07) is 4.21. The molecule has 1 fully saturated rings. The van der Waals surface area contributed by atoms with Crippen LogP contribution in [0.2, 0.25) is 0 Å². The van der Waals surface area contributed by atoms with Gasteiger partial charge in [-0.25, -0.2) is 4.79 Å². The zero-order valence-corrected chi connectivity index (χ0v) is 16.0. The van der Waals surface area contributed by atoms with Gasteiger partial charge in [-0.3, -0.25) is 0 Å². The van der Waals surface area contributed by atoms with Crippen LogP contribution in [0.1, 0.15) is 38.1 Å². The minimum atomic E-state index is -4.56. The smallest absolute Gasteiger partial charge is 0.465 e. The van der Waals surface area contributed by atoms with E-state index in [1.807, 2.05) is 27.7 Å². The molecule has 1 saturated heterocycles. The standard InChI is InChI=1S/C17H19BF3NO4S/c1-15(2)16(3,4)26-18(25-15)10-5-9-6-11(8-22-14(23)24)27-13(9)12(7-10)17(19,20)21/h5-7,22H,8H2,1-4H3,(H,23,24). The van der Waals surface area contributed by atoms with E-state index in [1.54, 1.807) is 12.1 Å². The lowest BCUT2D eigenvalue weighted by atomic mass is 9.77. The molecule has 10 heteroatoms. The number of halogens is 3. The topological polar surface area (TPSA) is 67.8 Å². The highest BCUT2D eigenvalue weighted by Gasteiger charge is 2.52. The van der Waals surface area contributed by atoms with Crippen molar-refractivity contribution in [2.45, 2.75) is 51.6 Å². The van der Waals surface area contributed by atoms with Crippen LogP contribution in [0, 0.1) is 0 Å². The van der Waals surface area contributed by atoms with Gasteiger partial charge in [-0.2, -0.15) is 13.2 Å². The van der Waals surface area contributed by atoms with Gasteiger partial charge < -0.3 is 19.7 Å². The third-order valence-corrected chi connectivity index (χ3v) is 6.12. The number of fused-ring (bicyclic) bond motifs is 1. The van der Waals surface area contributed by atoms with E-state index in [2.05, 4.69) is 5.32 Å². The highest BCUT2D eigenvalue weighted by Crippen LogP contribution is 2.40. The van der Waals surface area contributed by atoms with E-state index in [0.29, 0.717) is 10.3 Å². The maximum absolute atomic E-state index is 13.6. The lowest BCUT2D eigenvalue weighted by Crippen LogP contribution is -2.41. The molecule has 1 aromatic carbocycles. The third kappa shape index (κ3) is 3.79. The van der Waals surface area contributed by atoms with Gasteiger partial charge in [0.25, 0.3) is 0 Å². The Hall–Kier alpha value is -1.78. The third-order valence-electron chi connectivity index (χ3n) is 4.93. The van der Waals surface area contributed by atoms with Crippen LogP contribution in [0.5, 0.6) is 0 Å². The molecule has 0 bridgehead atoms. The average Bonchev–Trinajstić information content (AvgIpc) is 3.01. The average molecular weight is 401 g/mol. The second-order valence-corrected chi connectivity index (χ2v) is 8.58. The van der Waals surface area contributed by atoms with Crippen molar-refractivity contribution in [1.29, 1.82) is 0 Å². The first-order valence-electron chi connectivity index (χ1n) is 8.26. The van der Waals surface area contributed by atoms with Crippen molar-refractivity contribution < 1.29 is 32.4 Å². The second-order valence-electron chi connectivity index (χ2n) is 7.44. The molecule has 2 N–H and O–H groups in total. The predicted molar refractivity (Wildman–Crippen MR) is 97.4 cm³/mol. The first kappa shape index (κ1) is 20.0. The van der Waals surface area contributed by atoms with Crippen molar-refractivity contribution in [3.8, 4) is 0 Å². The Balaban J connectivity index is 2.06. The molecule has 27 heavy (non-hydrogen) atoms. The molecule has 1 aliphatic heterocycles. The summed E-state index contributed by atoms with van der Waals surface area (Å²) < 4.78 is 52.7. The van der Waals surface area contributed by atoms with Gasteiger partial charge in [0.2, 0.25) is 0 Å². The van der Waals surface area contributed by atoms with Crippen LogP contribution in [-0.2, 0) is 22.0 Å². The number of benzene rings is 1. The molecule has 1 aromatic heterocycles. The summed E-state index contributed by atoms with van der Waals surface area (Å²) >= 11 is 0.916. The first-order valence-corrected chi connectivity index (χ1v) is 9.08. The lowest BCUT2D eigenvalue weighted by molar-refractivity contribution is -0.136. The van der Waals surface area contributed by atoms with E-state index in [9.17, 15) is 18.0 Å². The predicted octanol–water partition coefficient (Wildman–Crippen LogP) is 3.99. The zero-order valence-electron chi connectivity index (χ0n) is 15.2. The van der Waals surface area contributed by atoms with Gasteiger partial charge in [0.15, 0.2) is 0 Å². The Bertz CT molecular complexity index is 878. The minimum absolute atomic E-state index is 0.0577. The van der Waals surface area contributed by atoms with E-state index >= 15 is 0 Å². The van der Waals surface area contributed by atoms with Crippen LogP contribution in [0.25, 0.3) is 10.1 Å². The normalized spacial score (nSPS) is 18.9. The Labute approximate surface area is 158 Å². The number of amides is 1. The fraction of sp³-hybridized carbons (Fsp3) is 0.471. The molecule has 2 heterocycles. The number of carboxylic acid groups (broad SMARTS) is 1. The maximum atomic E-state index is 13.6. The molecule has 0 radical (unpaired) electrons. The minimum Gasteiger partial charge on any atom is -0.465 e. The van der Waals surface area contributed by atoms with Gasteiger partial charge >= 0.3 is 19.4 Å². The quantitative estimate of drug-likeness (QED) is 0.764. The van der Waals surface area contributed by atoms with E-state index in [1.165, 1.54) is 0 Å². The van der Waals surface area contributed by atoms with Crippen LogP contribution in [0.3, 0.4) is 0 Å². The molecule has 0 aliphatic carbocycles. The second kappa shape index (κ2) is 6.39. The Morgan fingerprint density at radius 1 is 1.19 bits per heavy atom. The first-order chi connectivity index (χ1) is 12.3. The summed E-state index contributed by atoms with van der Waals surface area (Å²) in [6.07, 6.45) is -5.79. The fourth-order valence-corrected chi connectivity index (χ4v) is 3.92. The van der Waals surface area contributed by atoms with Gasteiger partial charge in [-0.15, -0.1) is 11.3 Å². The van der Waals surface area contributed by atoms with Gasteiger partial charge in [0.05, 0.1) is 23.3 Å². The monoisotopic (exact) mass is 401 g/mol. The zero-order chi connectivity index (χ0) is 20.2. The van der Waals surface area contributed by atoms with Crippen LogP contribution >= 0.6 is 11.3 Å². The Morgan fingerprint density at radius 3 is 2.30 bits per heavy atom. The van der Waals surface area contributed by atoms with Gasteiger partial charge in [-0.05, 0) is 50.7 Å². The van der Waals surface area contributed by atoms with Crippen molar-refractivity contribution >= 4 is 40.1 Å². The molecule has 1 aliphatic rings. The number of carbonyl (C=O) groups is 1. The summed E-state index contributed by atoms with van der Waals surface area (Å²) in [6.45, 7) is 7.26. The van der Waals surface area contributed by atoms with E-state index < -0.39 is 36.2 Å². The Morgan fingerprint density at radius 2 is 1.78 bits per heavy atom. The molecule has 0 unspecified atom stereocenters. The molecule has 2 aromatic rings. The van der Waals surface area contributed by atoms with Crippen molar-refractivity contribution in [2.75, 3.05) is 0 Å². The maximum Gasteiger partial charge on any atom is 0.494 e. The van der Waals surface area contributed by atoms with Crippen LogP contribution in [-0.4, -0.2) is 29.5 Å². The molecule has 3 rings (SSSR count). The number of rotatable bonds is 3. The molecule has 0 saturated carbocycles. The van der Waals surface area contributed by atoms with Gasteiger partial charge in [-0.1, -0.05) is 6.07 Å². The molecular formula is C17H19BF3NO4S. The molecule has 146 valence electrons.